The number of nitrogens with zero attached hydrogens (tertiary/aromatic N) is 1. The summed E-state index contributed by atoms with van der Waals surface area (Å²) < 4.78 is 28.2. The lowest BCUT2D eigenvalue weighted by Crippen LogP contribution is -2.48. The van der Waals surface area contributed by atoms with Gasteiger partial charge in [0.2, 0.25) is 15.9 Å². The Morgan fingerprint density at radius 1 is 1.18 bits per heavy atom. The Morgan fingerprint density at radius 2 is 1.93 bits per heavy atom. The van der Waals surface area contributed by atoms with E-state index in [0.717, 1.165) is 24.0 Å². The van der Waals surface area contributed by atoms with Crippen molar-refractivity contribution in [2.45, 2.75) is 36.7 Å². The van der Waals surface area contributed by atoms with Crippen molar-refractivity contribution in [3.63, 3.8) is 0 Å². The van der Waals surface area contributed by atoms with Gasteiger partial charge in [0, 0.05) is 18.1 Å². The van der Waals surface area contributed by atoms with Gasteiger partial charge in [-0.25, -0.2) is 8.42 Å². The fourth-order valence-electron chi connectivity index (χ4n) is 3.30. The van der Waals surface area contributed by atoms with Crippen LogP contribution in [0.1, 0.15) is 30.4 Å². The first-order chi connectivity index (χ1) is 13.4. The van der Waals surface area contributed by atoms with E-state index in [0.29, 0.717) is 18.0 Å². The highest BCUT2D eigenvalue weighted by molar-refractivity contribution is 7.89. The summed E-state index contributed by atoms with van der Waals surface area (Å²) in [6.45, 7) is 4.43. The predicted octanol–water partition coefficient (Wildman–Crippen LogP) is 3.84. The smallest absolute Gasteiger partial charge is 0.244 e. The van der Waals surface area contributed by atoms with E-state index in [4.69, 9.17) is 11.6 Å². The summed E-state index contributed by atoms with van der Waals surface area (Å²) in [5.74, 6) is -0.255. The van der Waals surface area contributed by atoms with Gasteiger partial charge in [-0.1, -0.05) is 48.5 Å². The van der Waals surface area contributed by atoms with Crippen LogP contribution in [0.2, 0.25) is 5.02 Å². The third kappa shape index (κ3) is 4.63. The van der Waals surface area contributed by atoms with E-state index in [1.54, 1.807) is 6.08 Å². The van der Waals surface area contributed by atoms with Gasteiger partial charge in [0.25, 0.3) is 0 Å². The van der Waals surface area contributed by atoms with Crippen LogP contribution in [0.15, 0.2) is 60.0 Å². The van der Waals surface area contributed by atoms with E-state index >= 15 is 0 Å². The van der Waals surface area contributed by atoms with Crippen molar-refractivity contribution < 1.29 is 13.2 Å². The van der Waals surface area contributed by atoms with E-state index in [9.17, 15) is 13.2 Å². The highest BCUT2D eigenvalue weighted by Gasteiger charge is 2.36. The number of carbonyl (C=O) groups is 1. The number of rotatable bonds is 6. The number of amides is 1. The van der Waals surface area contributed by atoms with Crippen LogP contribution in [0, 0.1) is 0 Å². The summed E-state index contributed by atoms with van der Waals surface area (Å²) in [5.41, 5.74) is 1.69. The standard InChI is InChI=1S/C21H23ClN2O3S/c1-2-16-6-5-7-17(14-16)15-24(20-8-3-4-13-23-21(20)25)28(26,27)19-11-9-18(22)10-12-19/h2,5-7,9-12,14,20H,1,3-4,8,13,15H2,(H,23,25). The maximum absolute atomic E-state index is 13.4. The molecule has 0 aliphatic carbocycles. The molecule has 1 N–H and O–H groups in total. The number of hydrogen-bond donors (Lipinski definition) is 1. The molecule has 1 atom stereocenters. The van der Waals surface area contributed by atoms with Gasteiger partial charge in [0.1, 0.15) is 6.04 Å². The van der Waals surface area contributed by atoms with E-state index < -0.39 is 16.1 Å². The third-order valence-electron chi connectivity index (χ3n) is 4.80. The highest BCUT2D eigenvalue weighted by atomic mass is 35.5. The number of hydrogen-bond acceptors (Lipinski definition) is 3. The van der Waals surface area contributed by atoms with E-state index in [1.165, 1.54) is 28.6 Å². The fraction of sp³-hybridized carbons (Fsp3) is 0.286. The van der Waals surface area contributed by atoms with Crippen molar-refractivity contribution in [1.29, 1.82) is 0 Å². The summed E-state index contributed by atoms with van der Waals surface area (Å²) in [5, 5.41) is 3.29. The first-order valence-electron chi connectivity index (χ1n) is 9.18. The number of carbonyl (C=O) groups excluding carboxylic acids is 1. The van der Waals surface area contributed by atoms with E-state index in [2.05, 4.69) is 11.9 Å². The molecule has 5 nitrogen and oxygen atoms in total. The van der Waals surface area contributed by atoms with Crippen LogP contribution >= 0.6 is 11.6 Å². The molecule has 3 rings (SSSR count). The average Bonchev–Trinajstić information content (AvgIpc) is 2.90. The van der Waals surface area contributed by atoms with Crippen LogP contribution in [0.3, 0.4) is 0 Å². The van der Waals surface area contributed by atoms with Gasteiger partial charge < -0.3 is 5.32 Å². The van der Waals surface area contributed by atoms with Crippen LogP contribution in [-0.2, 0) is 21.4 Å². The molecule has 1 amide bonds. The van der Waals surface area contributed by atoms with Crippen molar-refractivity contribution in [3.05, 3.63) is 71.3 Å². The Kier molecular flexibility index (Phi) is 6.54. The second-order valence-corrected chi connectivity index (χ2v) is 9.08. The van der Waals surface area contributed by atoms with Gasteiger partial charge in [-0.2, -0.15) is 4.31 Å². The van der Waals surface area contributed by atoms with Crippen molar-refractivity contribution in [3.8, 4) is 0 Å². The normalized spacial score (nSPS) is 17.8. The lowest BCUT2D eigenvalue weighted by atomic mass is 10.1. The highest BCUT2D eigenvalue weighted by Crippen LogP contribution is 2.26. The molecule has 2 aromatic rings. The summed E-state index contributed by atoms with van der Waals surface area (Å²) in [7, 11) is -3.90. The molecule has 0 radical (unpaired) electrons. The molecular formula is C21H23ClN2O3S. The van der Waals surface area contributed by atoms with E-state index in [-0.39, 0.29) is 17.3 Å². The van der Waals surface area contributed by atoms with Gasteiger partial charge in [-0.15, -0.1) is 0 Å². The van der Waals surface area contributed by atoms with Crippen molar-refractivity contribution in [2.75, 3.05) is 6.54 Å². The molecule has 0 bridgehead atoms. The van der Waals surface area contributed by atoms with Crippen LogP contribution in [0.25, 0.3) is 6.08 Å². The van der Waals surface area contributed by atoms with Crippen LogP contribution in [0.4, 0.5) is 0 Å². The van der Waals surface area contributed by atoms with E-state index in [1.807, 2.05) is 24.3 Å². The SMILES string of the molecule is C=Cc1cccc(CN(C2CCCCNC2=O)S(=O)(=O)c2ccc(Cl)cc2)c1. The predicted molar refractivity (Wildman–Crippen MR) is 111 cm³/mol. The Hall–Kier alpha value is -2.15. The van der Waals surface area contributed by atoms with Crippen LogP contribution in [-0.4, -0.2) is 31.2 Å². The molecule has 1 aliphatic heterocycles. The molecule has 2 aromatic carbocycles. The molecule has 0 aromatic heterocycles. The van der Waals surface area contributed by atoms with Crippen LogP contribution < -0.4 is 5.32 Å². The zero-order valence-electron chi connectivity index (χ0n) is 15.5. The summed E-state index contributed by atoms with van der Waals surface area (Å²) in [6.07, 6.45) is 3.81. The quantitative estimate of drug-likeness (QED) is 0.774. The van der Waals surface area contributed by atoms with Crippen LogP contribution in [0.5, 0.6) is 0 Å². The second kappa shape index (κ2) is 8.90. The molecule has 1 aliphatic rings. The summed E-state index contributed by atoms with van der Waals surface area (Å²) in [4.78, 5) is 12.8. The second-order valence-electron chi connectivity index (χ2n) is 6.76. The van der Waals surface area contributed by atoms with Gasteiger partial charge in [0.15, 0.2) is 0 Å². The molecule has 0 saturated carbocycles. The Bertz CT molecular complexity index is 958. The van der Waals surface area contributed by atoms with Crippen molar-refractivity contribution >= 4 is 33.6 Å². The fourth-order valence-corrected chi connectivity index (χ4v) is 5.03. The molecule has 1 saturated heterocycles. The number of sulfonamides is 1. The van der Waals surface area contributed by atoms with Gasteiger partial charge in [-0.3, -0.25) is 4.79 Å². The largest absolute Gasteiger partial charge is 0.355 e. The first-order valence-corrected chi connectivity index (χ1v) is 11.0. The lowest BCUT2D eigenvalue weighted by Gasteiger charge is -2.29. The zero-order chi connectivity index (χ0) is 20.1. The lowest BCUT2D eigenvalue weighted by molar-refractivity contribution is -0.124. The van der Waals surface area contributed by atoms with Gasteiger partial charge in [-0.05, 0) is 54.7 Å². The molecule has 148 valence electrons. The first kappa shape index (κ1) is 20.6. The summed E-state index contributed by atoms with van der Waals surface area (Å²) >= 11 is 5.92. The summed E-state index contributed by atoms with van der Waals surface area (Å²) in [6, 6.07) is 12.8. The minimum absolute atomic E-state index is 0.102. The minimum atomic E-state index is -3.90. The Labute approximate surface area is 171 Å². The van der Waals surface area contributed by atoms with Crippen molar-refractivity contribution in [2.24, 2.45) is 0 Å². The molecule has 1 fully saturated rings. The molecule has 7 heteroatoms. The maximum Gasteiger partial charge on any atom is 0.244 e. The Balaban J connectivity index is 2.03. The third-order valence-corrected chi connectivity index (χ3v) is 6.92. The maximum atomic E-state index is 13.4. The molecule has 0 spiro atoms. The average molecular weight is 419 g/mol. The van der Waals surface area contributed by atoms with Gasteiger partial charge >= 0.3 is 0 Å². The number of halogens is 1. The van der Waals surface area contributed by atoms with Gasteiger partial charge in [0.05, 0.1) is 4.90 Å². The van der Waals surface area contributed by atoms with Crippen molar-refractivity contribution in [1.82, 2.24) is 9.62 Å². The molecule has 28 heavy (non-hydrogen) atoms. The topological polar surface area (TPSA) is 66.5 Å². The molecule has 1 heterocycles. The minimum Gasteiger partial charge on any atom is -0.355 e. The number of benzene rings is 2. The molecular weight excluding hydrogens is 396 g/mol. The Morgan fingerprint density at radius 3 is 2.64 bits per heavy atom. The zero-order valence-corrected chi connectivity index (χ0v) is 17.0. The number of nitrogens with one attached hydrogen (secondary N) is 1. The molecule has 1 unspecified atom stereocenters. The monoisotopic (exact) mass is 418 g/mol.